The van der Waals surface area contributed by atoms with Crippen LogP contribution in [-0.2, 0) is 16.0 Å². The fourth-order valence-electron chi connectivity index (χ4n) is 2.56. The molecule has 7 heteroatoms. The number of amides is 1. The van der Waals surface area contributed by atoms with E-state index in [0.717, 1.165) is 5.56 Å². The van der Waals surface area contributed by atoms with E-state index in [-0.39, 0.29) is 24.1 Å². The van der Waals surface area contributed by atoms with Crippen LogP contribution < -0.4 is 5.43 Å². The summed E-state index contributed by atoms with van der Waals surface area (Å²) in [5.41, 5.74) is 4.34. The lowest BCUT2D eigenvalue weighted by atomic mass is 10.1. The summed E-state index contributed by atoms with van der Waals surface area (Å²) in [6, 6.07) is 16.0. The van der Waals surface area contributed by atoms with Gasteiger partial charge < -0.3 is 9.15 Å². The summed E-state index contributed by atoms with van der Waals surface area (Å²) >= 11 is 0. The summed E-state index contributed by atoms with van der Waals surface area (Å²) in [5.74, 6) is 0.00396. The third-order valence-corrected chi connectivity index (χ3v) is 3.97. The van der Waals surface area contributed by atoms with E-state index < -0.39 is 0 Å². The van der Waals surface area contributed by atoms with Gasteiger partial charge in [0.05, 0.1) is 24.8 Å². The highest BCUT2D eigenvalue weighted by Gasteiger charge is 2.08. The number of esters is 1. The van der Waals surface area contributed by atoms with Crippen molar-refractivity contribution in [2.24, 2.45) is 5.10 Å². The van der Waals surface area contributed by atoms with Crippen molar-refractivity contribution in [2.75, 3.05) is 6.61 Å². The molecule has 3 aromatic rings. The number of hydrogen-bond acceptors (Lipinski definition) is 5. The standard InChI is InChI=1S/C22H19FN2O4/c1-2-28-22(27)17-7-5-16(6-8-17)20-12-11-19(29-20)14-24-25-21(26)13-15-3-9-18(23)10-4-15/h3-12,14H,2,13H2,1H3,(H,25,26)/b24-14-. The summed E-state index contributed by atoms with van der Waals surface area (Å²) in [7, 11) is 0. The molecule has 0 atom stereocenters. The number of benzene rings is 2. The monoisotopic (exact) mass is 394 g/mol. The van der Waals surface area contributed by atoms with Crippen LogP contribution in [0.3, 0.4) is 0 Å². The average molecular weight is 394 g/mol. The molecule has 0 aliphatic heterocycles. The zero-order chi connectivity index (χ0) is 20.6. The van der Waals surface area contributed by atoms with Gasteiger partial charge >= 0.3 is 5.97 Å². The second kappa shape index (κ2) is 9.45. The summed E-state index contributed by atoms with van der Waals surface area (Å²) in [6.45, 7) is 2.07. The molecule has 0 bridgehead atoms. The van der Waals surface area contributed by atoms with Gasteiger partial charge in [-0.15, -0.1) is 0 Å². The number of hydrazone groups is 1. The largest absolute Gasteiger partial charge is 0.462 e. The van der Waals surface area contributed by atoms with E-state index in [4.69, 9.17) is 9.15 Å². The molecule has 1 amide bonds. The molecule has 29 heavy (non-hydrogen) atoms. The molecule has 0 aliphatic rings. The summed E-state index contributed by atoms with van der Waals surface area (Å²) in [5, 5.41) is 3.87. The predicted molar refractivity (Wildman–Crippen MR) is 106 cm³/mol. The number of nitrogens with zero attached hydrogens (tertiary/aromatic N) is 1. The highest BCUT2D eigenvalue weighted by Crippen LogP contribution is 2.22. The number of furan rings is 1. The van der Waals surface area contributed by atoms with Gasteiger partial charge in [0, 0.05) is 5.56 Å². The number of ether oxygens (including phenoxy) is 1. The van der Waals surface area contributed by atoms with Gasteiger partial charge in [-0.2, -0.15) is 5.10 Å². The van der Waals surface area contributed by atoms with E-state index in [2.05, 4.69) is 10.5 Å². The lowest BCUT2D eigenvalue weighted by molar-refractivity contribution is -0.120. The molecule has 6 nitrogen and oxygen atoms in total. The number of hydrogen-bond donors (Lipinski definition) is 1. The van der Waals surface area contributed by atoms with Crippen LogP contribution in [0.25, 0.3) is 11.3 Å². The second-order valence-corrected chi connectivity index (χ2v) is 6.10. The molecule has 0 saturated heterocycles. The van der Waals surface area contributed by atoms with Crippen molar-refractivity contribution in [1.29, 1.82) is 0 Å². The maximum atomic E-state index is 12.9. The Morgan fingerprint density at radius 2 is 1.79 bits per heavy atom. The predicted octanol–water partition coefficient (Wildman–Crippen LogP) is 3.96. The average Bonchev–Trinajstić information content (AvgIpc) is 3.19. The molecule has 0 unspecified atom stereocenters. The van der Waals surface area contributed by atoms with E-state index in [1.165, 1.54) is 18.3 Å². The normalized spacial score (nSPS) is 10.8. The molecule has 1 N–H and O–H groups in total. The van der Waals surface area contributed by atoms with E-state index in [1.807, 2.05) is 0 Å². The minimum Gasteiger partial charge on any atom is -0.462 e. The zero-order valence-corrected chi connectivity index (χ0v) is 15.7. The highest BCUT2D eigenvalue weighted by molar-refractivity contribution is 5.90. The van der Waals surface area contributed by atoms with Crippen LogP contribution >= 0.6 is 0 Å². The number of carbonyl (C=O) groups excluding carboxylic acids is 2. The smallest absolute Gasteiger partial charge is 0.338 e. The van der Waals surface area contributed by atoms with E-state index >= 15 is 0 Å². The first-order valence-corrected chi connectivity index (χ1v) is 8.99. The first-order valence-electron chi connectivity index (χ1n) is 8.99. The maximum Gasteiger partial charge on any atom is 0.338 e. The number of nitrogens with one attached hydrogen (secondary N) is 1. The fraction of sp³-hybridized carbons (Fsp3) is 0.136. The van der Waals surface area contributed by atoms with Crippen molar-refractivity contribution in [3.05, 3.63) is 83.4 Å². The third-order valence-electron chi connectivity index (χ3n) is 3.97. The minimum atomic E-state index is -0.373. The summed E-state index contributed by atoms with van der Waals surface area (Å²) in [6.07, 6.45) is 1.48. The van der Waals surface area contributed by atoms with E-state index in [1.54, 1.807) is 55.5 Å². The summed E-state index contributed by atoms with van der Waals surface area (Å²) < 4.78 is 23.5. The van der Waals surface area contributed by atoms with Crippen molar-refractivity contribution in [2.45, 2.75) is 13.3 Å². The van der Waals surface area contributed by atoms with Crippen molar-refractivity contribution in [3.8, 4) is 11.3 Å². The van der Waals surface area contributed by atoms with Crippen LogP contribution in [-0.4, -0.2) is 24.7 Å². The van der Waals surface area contributed by atoms with Crippen LogP contribution in [0.1, 0.15) is 28.6 Å². The third kappa shape index (κ3) is 5.62. The Hall–Kier alpha value is -3.74. The van der Waals surface area contributed by atoms with Gasteiger partial charge in [-0.3, -0.25) is 4.79 Å². The molecule has 0 fully saturated rings. The minimum absolute atomic E-state index is 0.0911. The second-order valence-electron chi connectivity index (χ2n) is 6.10. The molecular weight excluding hydrogens is 375 g/mol. The quantitative estimate of drug-likeness (QED) is 0.374. The fourth-order valence-corrected chi connectivity index (χ4v) is 2.56. The molecule has 2 aromatic carbocycles. The molecule has 148 valence electrons. The van der Waals surface area contributed by atoms with Gasteiger partial charge in [0.25, 0.3) is 0 Å². The van der Waals surface area contributed by atoms with Crippen molar-refractivity contribution in [3.63, 3.8) is 0 Å². The number of rotatable bonds is 7. The molecule has 1 heterocycles. The van der Waals surface area contributed by atoms with E-state index in [9.17, 15) is 14.0 Å². The lowest BCUT2D eigenvalue weighted by Crippen LogP contribution is -2.19. The Labute approximate surface area is 167 Å². The van der Waals surface area contributed by atoms with Crippen LogP contribution in [0.5, 0.6) is 0 Å². The van der Waals surface area contributed by atoms with Crippen molar-refractivity contribution >= 4 is 18.1 Å². The Balaban J connectivity index is 1.56. The molecule has 3 rings (SSSR count). The van der Waals surface area contributed by atoms with Crippen LogP contribution in [0.2, 0.25) is 0 Å². The molecule has 0 radical (unpaired) electrons. The SMILES string of the molecule is CCOC(=O)c1ccc(-c2ccc(/C=N\NC(=O)Cc3ccc(F)cc3)o2)cc1. The number of halogens is 1. The molecular formula is C22H19FN2O4. The molecule has 0 saturated carbocycles. The Kier molecular flexibility index (Phi) is 6.52. The van der Waals surface area contributed by atoms with Gasteiger partial charge in [-0.1, -0.05) is 24.3 Å². The van der Waals surface area contributed by atoms with Gasteiger partial charge in [0.15, 0.2) is 0 Å². The van der Waals surface area contributed by atoms with Gasteiger partial charge in [-0.05, 0) is 48.9 Å². The first-order chi connectivity index (χ1) is 14.0. The Morgan fingerprint density at radius 1 is 1.07 bits per heavy atom. The Bertz CT molecular complexity index is 1010. The van der Waals surface area contributed by atoms with Crippen LogP contribution in [0.15, 0.2) is 70.2 Å². The highest BCUT2D eigenvalue weighted by atomic mass is 19.1. The maximum absolute atomic E-state index is 12.9. The topological polar surface area (TPSA) is 80.9 Å². The summed E-state index contributed by atoms with van der Waals surface area (Å²) in [4.78, 5) is 23.5. The number of carbonyl (C=O) groups is 2. The molecule has 1 aromatic heterocycles. The van der Waals surface area contributed by atoms with Gasteiger partial charge in [0.1, 0.15) is 17.3 Å². The first kappa shape index (κ1) is 20.0. The van der Waals surface area contributed by atoms with Crippen molar-refractivity contribution < 1.29 is 23.1 Å². The molecule has 0 aliphatic carbocycles. The Morgan fingerprint density at radius 3 is 2.48 bits per heavy atom. The lowest BCUT2D eigenvalue weighted by Gasteiger charge is -2.02. The van der Waals surface area contributed by atoms with E-state index in [0.29, 0.717) is 29.3 Å². The molecule has 0 spiro atoms. The van der Waals surface area contributed by atoms with Crippen LogP contribution in [0.4, 0.5) is 4.39 Å². The van der Waals surface area contributed by atoms with Gasteiger partial charge in [0.2, 0.25) is 5.91 Å². The van der Waals surface area contributed by atoms with Crippen LogP contribution in [0, 0.1) is 5.82 Å². The van der Waals surface area contributed by atoms with Crippen molar-refractivity contribution in [1.82, 2.24) is 5.43 Å². The van der Waals surface area contributed by atoms with Gasteiger partial charge in [-0.25, -0.2) is 14.6 Å². The zero-order valence-electron chi connectivity index (χ0n) is 15.7.